The third-order valence-corrected chi connectivity index (χ3v) is 6.09. The average molecular weight is 480 g/mol. The molecule has 1 fully saturated rings. The van der Waals surface area contributed by atoms with Crippen molar-refractivity contribution < 1.29 is 14.3 Å². The minimum atomic E-state index is -0.703. The number of benzene rings is 2. The van der Waals surface area contributed by atoms with Crippen molar-refractivity contribution in [1.82, 2.24) is 4.90 Å². The lowest BCUT2D eigenvalue weighted by molar-refractivity contribution is -0.142. The molecule has 0 radical (unpaired) electrons. The number of aryl methyl sites for hydroxylation is 1. The molecule has 1 heterocycles. The second kappa shape index (κ2) is 9.28. The maximum Gasteiger partial charge on any atom is 0.243 e. The normalized spacial score (nSPS) is 15.6. The number of ether oxygens (including phenoxy) is 1. The third-order valence-electron chi connectivity index (χ3n) is 5.34. The fourth-order valence-corrected chi connectivity index (χ4v) is 4.33. The van der Waals surface area contributed by atoms with E-state index in [9.17, 15) is 9.59 Å². The number of carbonyl (C=O) groups is 2. The van der Waals surface area contributed by atoms with E-state index in [-0.39, 0.29) is 18.4 Å². The first kappa shape index (κ1) is 21.8. The van der Waals surface area contributed by atoms with E-state index < -0.39 is 5.41 Å². The summed E-state index contributed by atoms with van der Waals surface area (Å²) in [7, 11) is 1.67. The van der Waals surface area contributed by atoms with E-state index in [1.54, 1.807) is 19.2 Å². The van der Waals surface area contributed by atoms with Gasteiger partial charge in [-0.25, -0.2) is 0 Å². The summed E-state index contributed by atoms with van der Waals surface area (Å²) in [6.07, 6.45) is 1.15. The zero-order valence-corrected chi connectivity index (χ0v) is 18.8. The van der Waals surface area contributed by atoms with Crippen LogP contribution in [0.5, 0.6) is 0 Å². The summed E-state index contributed by atoms with van der Waals surface area (Å²) < 4.78 is 6.45. The molecule has 0 aromatic heterocycles. The Labute approximate surface area is 184 Å². The molecule has 0 bridgehead atoms. The number of carbonyl (C=O) groups excluding carboxylic acids is 2. The molecule has 0 spiro atoms. The Bertz CT molecular complexity index is 895. The molecule has 0 atom stereocenters. The standard InChI is InChI=1S/C22H24BrClN2O3/c1-15-13-17(23)5-8-19(15)25-20(27)14-26(2)21(28)22(9-11-29-12-10-22)16-3-6-18(24)7-4-16/h3-8,13H,9-12,14H2,1-2H3,(H,25,27). The molecule has 5 nitrogen and oxygen atoms in total. The molecule has 3 rings (SSSR count). The molecule has 7 heteroatoms. The Morgan fingerprint density at radius 1 is 1.17 bits per heavy atom. The van der Waals surface area contributed by atoms with E-state index in [0.29, 0.717) is 31.1 Å². The predicted molar refractivity (Wildman–Crippen MR) is 118 cm³/mol. The minimum Gasteiger partial charge on any atom is -0.381 e. The molecule has 2 amide bonds. The number of anilines is 1. The molecular formula is C22H24BrClN2O3. The van der Waals surface area contributed by atoms with Gasteiger partial charge in [-0.2, -0.15) is 0 Å². The first-order chi connectivity index (χ1) is 13.8. The highest BCUT2D eigenvalue weighted by molar-refractivity contribution is 9.10. The topological polar surface area (TPSA) is 58.6 Å². The molecule has 1 saturated heterocycles. The maximum atomic E-state index is 13.5. The van der Waals surface area contributed by atoms with Crippen molar-refractivity contribution in [3.63, 3.8) is 0 Å². The van der Waals surface area contributed by atoms with Gasteiger partial charge in [0.2, 0.25) is 11.8 Å². The number of amides is 2. The summed E-state index contributed by atoms with van der Waals surface area (Å²) in [6, 6.07) is 13.0. The van der Waals surface area contributed by atoms with Crippen molar-refractivity contribution in [1.29, 1.82) is 0 Å². The molecule has 29 heavy (non-hydrogen) atoms. The number of rotatable bonds is 5. The van der Waals surface area contributed by atoms with Crippen molar-refractivity contribution in [2.24, 2.45) is 0 Å². The number of nitrogens with one attached hydrogen (secondary N) is 1. The van der Waals surface area contributed by atoms with Crippen LogP contribution in [0.15, 0.2) is 46.9 Å². The Hall–Kier alpha value is -1.89. The highest BCUT2D eigenvalue weighted by Gasteiger charge is 2.43. The van der Waals surface area contributed by atoms with Gasteiger partial charge < -0.3 is 15.0 Å². The van der Waals surface area contributed by atoms with Gasteiger partial charge >= 0.3 is 0 Å². The van der Waals surface area contributed by atoms with Gasteiger partial charge in [-0.05, 0) is 61.2 Å². The monoisotopic (exact) mass is 478 g/mol. The van der Waals surface area contributed by atoms with E-state index in [1.807, 2.05) is 37.3 Å². The third kappa shape index (κ3) is 5.00. The average Bonchev–Trinajstić information content (AvgIpc) is 2.70. The highest BCUT2D eigenvalue weighted by Crippen LogP contribution is 2.37. The number of hydrogen-bond donors (Lipinski definition) is 1. The van der Waals surface area contributed by atoms with Crippen LogP contribution in [0.2, 0.25) is 5.02 Å². The summed E-state index contributed by atoms with van der Waals surface area (Å²) >= 11 is 9.44. The zero-order chi connectivity index (χ0) is 21.0. The summed E-state index contributed by atoms with van der Waals surface area (Å²) in [6.45, 7) is 2.91. The van der Waals surface area contributed by atoms with Gasteiger partial charge in [-0.1, -0.05) is 39.7 Å². The van der Waals surface area contributed by atoms with E-state index in [0.717, 1.165) is 21.3 Å². The fraction of sp³-hybridized carbons (Fsp3) is 0.364. The van der Waals surface area contributed by atoms with Gasteiger partial charge in [0.15, 0.2) is 0 Å². The van der Waals surface area contributed by atoms with Crippen LogP contribution >= 0.6 is 27.5 Å². The van der Waals surface area contributed by atoms with Crippen molar-refractivity contribution in [2.45, 2.75) is 25.2 Å². The number of likely N-dealkylation sites (N-methyl/N-ethyl adjacent to an activating group) is 1. The van der Waals surface area contributed by atoms with Gasteiger partial charge in [-0.15, -0.1) is 0 Å². The summed E-state index contributed by atoms with van der Waals surface area (Å²) in [5, 5.41) is 3.52. The zero-order valence-electron chi connectivity index (χ0n) is 16.5. The molecule has 1 N–H and O–H groups in total. The molecular weight excluding hydrogens is 456 g/mol. The van der Waals surface area contributed by atoms with E-state index in [2.05, 4.69) is 21.2 Å². The first-order valence-corrected chi connectivity index (χ1v) is 10.6. The number of nitrogens with zero attached hydrogens (tertiary/aromatic N) is 1. The van der Waals surface area contributed by atoms with E-state index in [1.165, 1.54) is 4.90 Å². The summed E-state index contributed by atoms with van der Waals surface area (Å²) in [5.74, 6) is -0.310. The van der Waals surface area contributed by atoms with Gasteiger partial charge in [0, 0.05) is 35.4 Å². The van der Waals surface area contributed by atoms with Crippen LogP contribution in [0, 0.1) is 6.92 Å². The van der Waals surface area contributed by atoms with Gasteiger partial charge in [0.1, 0.15) is 0 Å². The van der Waals surface area contributed by atoms with Gasteiger partial charge in [0.05, 0.1) is 12.0 Å². The van der Waals surface area contributed by atoms with Crippen LogP contribution in [0.25, 0.3) is 0 Å². The lowest BCUT2D eigenvalue weighted by atomic mass is 9.73. The minimum absolute atomic E-state index is 0.0233. The molecule has 2 aromatic rings. The molecule has 0 saturated carbocycles. The maximum absolute atomic E-state index is 13.5. The summed E-state index contributed by atoms with van der Waals surface area (Å²) in [5.41, 5.74) is 1.89. The Kier molecular flexibility index (Phi) is 6.98. The SMILES string of the molecule is Cc1cc(Br)ccc1NC(=O)CN(C)C(=O)C1(c2ccc(Cl)cc2)CCOCC1. The van der Waals surface area contributed by atoms with Crippen molar-refractivity contribution in [3.8, 4) is 0 Å². The van der Waals surface area contributed by atoms with Gasteiger partial charge in [0.25, 0.3) is 0 Å². The van der Waals surface area contributed by atoms with E-state index in [4.69, 9.17) is 16.3 Å². The Morgan fingerprint density at radius 2 is 1.83 bits per heavy atom. The molecule has 1 aliphatic heterocycles. The highest BCUT2D eigenvalue weighted by atomic mass is 79.9. The molecule has 2 aromatic carbocycles. The Morgan fingerprint density at radius 3 is 2.45 bits per heavy atom. The van der Waals surface area contributed by atoms with E-state index >= 15 is 0 Å². The van der Waals surface area contributed by atoms with Crippen molar-refractivity contribution in [3.05, 3.63) is 63.1 Å². The largest absolute Gasteiger partial charge is 0.381 e. The van der Waals surface area contributed by atoms with Crippen LogP contribution in [0.3, 0.4) is 0 Å². The van der Waals surface area contributed by atoms with Crippen molar-refractivity contribution >= 4 is 45.0 Å². The second-order valence-corrected chi connectivity index (χ2v) is 8.72. The van der Waals surface area contributed by atoms with Crippen LogP contribution in [0.1, 0.15) is 24.0 Å². The summed E-state index contributed by atoms with van der Waals surface area (Å²) in [4.78, 5) is 27.5. The lowest BCUT2D eigenvalue weighted by Crippen LogP contribution is -2.50. The van der Waals surface area contributed by atoms with Crippen molar-refractivity contribution in [2.75, 3.05) is 32.1 Å². The van der Waals surface area contributed by atoms with Crippen LogP contribution in [-0.4, -0.2) is 43.5 Å². The molecule has 154 valence electrons. The number of halogens is 2. The second-order valence-electron chi connectivity index (χ2n) is 7.37. The predicted octanol–water partition coefficient (Wildman–Crippen LogP) is 4.56. The first-order valence-electron chi connectivity index (χ1n) is 9.47. The van der Waals surface area contributed by atoms with Gasteiger partial charge in [-0.3, -0.25) is 9.59 Å². The van der Waals surface area contributed by atoms with Crippen LogP contribution < -0.4 is 5.32 Å². The molecule has 1 aliphatic rings. The van der Waals surface area contributed by atoms with Crippen LogP contribution in [0.4, 0.5) is 5.69 Å². The van der Waals surface area contributed by atoms with Crippen LogP contribution in [-0.2, 0) is 19.7 Å². The Balaban J connectivity index is 1.75. The molecule has 0 unspecified atom stereocenters. The number of hydrogen-bond acceptors (Lipinski definition) is 3. The lowest BCUT2D eigenvalue weighted by Gasteiger charge is -2.39. The molecule has 0 aliphatic carbocycles. The quantitative estimate of drug-likeness (QED) is 0.684. The smallest absolute Gasteiger partial charge is 0.243 e. The fourth-order valence-electron chi connectivity index (χ4n) is 3.72.